The minimum Gasteiger partial charge on any atom is -0.462 e. The molecule has 4 N–H and O–H groups in total. The van der Waals surface area contributed by atoms with Gasteiger partial charge in [-0.05, 0) is 62.8 Å². The van der Waals surface area contributed by atoms with E-state index in [1.54, 1.807) is 33.1 Å². The van der Waals surface area contributed by atoms with Crippen molar-refractivity contribution in [2.45, 2.75) is 191 Å². The average molecular weight is 952 g/mol. The number of nitrogens with two attached hydrogens (primary N) is 1. The van der Waals surface area contributed by atoms with Crippen LogP contribution >= 0.6 is 0 Å². The molecule has 4 fully saturated rings. The van der Waals surface area contributed by atoms with Gasteiger partial charge in [0.05, 0.1) is 49.3 Å². The quantitative estimate of drug-likeness (QED) is 0.201. The number of ether oxygens (including phenoxy) is 10. The molecule has 0 aromatic carbocycles. The van der Waals surface area contributed by atoms with Gasteiger partial charge in [0.2, 0.25) is 0 Å². The standard InChI is InChI=1S/C48H73NO16S/c1-11-25(2)42-28(5)17-18-47(64-42)23-34-20-33(63-47)16-15-27(4)41(26(3)13-12-14-32-24-57-45-40(50)29(6)19-35(46(51)60-34)48(32,45)52)61-38-21-36(55-9)43(30(7)58-38)62-39-22-37(56-10)44(31(8)59-39)65-66(49,53)54/h12-15,17-19,25-26,28,30-31,33-45,50,52H,11,16,20-24H2,1-10H3,(H2,49,53,54)/b13-12+,27-15+,32-14+/t25-,26-,28-,30-,31-,33+,34-,35-,36-,37-,38-,39-,40+,41-,42+,43-,44-,45+,47+,48+/m0/s1. The molecule has 1 aliphatic carbocycles. The molecule has 0 saturated carbocycles. The van der Waals surface area contributed by atoms with Gasteiger partial charge in [-0.15, -0.1) is 0 Å². The Balaban J connectivity index is 1.16. The largest absolute Gasteiger partial charge is 0.462 e. The third-order valence-electron chi connectivity index (χ3n) is 14.7. The first kappa shape index (κ1) is 51.5. The highest BCUT2D eigenvalue weighted by molar-refractivity contribution is 7.84. The van der Waals surface area contributed by atoms with Crippen molar-refractivity contribution in [1.82, 2.24) is 0 Å². The summed E-state index contributed by atoms with van der Waals surface area (Å²) in [5.41, 5.74) is 0.0251. The van der Waals surface area contributed by atoms with Crippen LogP contribution in [0.2, 0.25) is 0 Å². The minimum atomic E-state index is -4.26. The maximum absolute atomic E-state index is 14.4. The minimum absolute atomic E-state index is 0.00727. The number of hydrogen-bond donors (Lipinski definition) is 3. The van der Waals surface area contributed by atoms with Gasteiger partial charge in [-0.1, -0.05) is 70.6 Å². The lowest BCUT2D eigenvalue weighted by atomic mass is 9.71. The molecule has 0 aromatic heterocycles. The number of hydrogen-bond acceptors (Lipinski definition) is 16. The molecule has 2 bridgehead atoms. The highest BCUT2D eigenvalue weighted by Crippen LogP contribution is 2.47. The van der Waals surface area contributed by atoms with E-state index in [4.69, 9.17) is 56.7 Å². The van der Waals surface area contributed by atoms with Gasteiger partial charge >= 0.3 is 16.3 Å². The van der Waals surface area contributed by atoms with E-state index < -0.39 is 113 Å². The van der Waals surface area contributed by atoms with Crippen molar-refractivity contribution in [3.05, 3.63) is 59.3 Å². The van der Waals surface area contributed by atoms with Crippen molar-refractivity contribution in [3.8, 4) is 0 Å². The molecule has 0 radical (unpaired) electrons. The zero-order chi connectivity index (χ0) is 47.9. The van der Waals surface area contributed by atoms with Crippen LogP contribution in [0.25, 0.3) is 0 Å². The van der Waals surface area contributed by atoms with Crippen molar-refractivity contribution in [1.29, 1.82) is 0 Å². The third kappa shape index (κ3) is 11.0. The van der Waals surface area contributed by atoms with Crippen LogP contribution in [0.1, 0.15) is 93.9 Å². The normalized spacial score (nSPS) is 47.1. The van der Waals surface area contributed by atoms with Crippen molar-refractivity contribution in [3.63, 3.8) is 0 Å². The Bertz CT molecular complexity index is 1990. The van der Waals surface area contributed by atoms with E-state index in [2.05, 4.69) is 32.9 Å². The van der Waals surface area contributed by atoms with Crippen LogP contribution in [-0.2, 0) is 66.7 Å². The second-order valence-electron chi connectivity index (χ2n) is 19.5. The number of esters is 1. The molecule has 6 heterocycles. The fourth-order valence-electron chi connectivity index (χ4n) is 10.8. The topological polar surface area (TPSA) is 219 Å². The number of allylic oxidation sites excluding steroid dienone is 2. The second-order valence-corrected chi connectivity index (χ2v) is 20.7. The molecule has 7 aliphatic rings. The zero-order valence-electron chi connectivity index (χ0n) is 40.0. The first-order chi connectivity index (χ1) is 31.2. The monoisotopic (exact) mass is 951 g/mol. The fraction of sp³-hybridized carbons (Fsp3) is 0.771. The highest BCUT2D eigenvalue weighted by Gasteiger charge is 2.60. The van der Waals surface area contributed by atoms with E-state index in [0.717, 1.165) is 12.0 Å². The molecule has 0 amide bonds. The zero-order valence-corrected chi connectivity index (χ0v) is 40.8. The van der Waals surface area contributed by atoms with Crippen molar-refractivity contribution in [2.75, 3.05) is 20.8 Å². The van der Waals surface area contributed by atoms with E-state index in [9.17, 15) is 23.4 Å². The molecule has 372 valence electrons. The first-order valence-corrected chi connectivity index (χ1v) is 25.0. The van der Waals surface area contributed by atoms with Crippen LogP contribution in [0, 0.1) is 23.7 Å². The maximum atomic E-state index is 14.4. The van der Waals surface area contributed by atoms with Crippen LogP contribution in [0.3, 0.4) is 0 Å². The Morgan fingerprint density at radius 2 is 1.58 bits per heavy atom. The molecule has 7 rings (SSSR count). The summed E-state index contributed by atoms with van der Waals surface area (Å²) in [6.07, 6.45) is 6.58. The summed E-state index contributed by atoms with van der Waals surface area (Å²) in [6.45, 7) is 15.8. The lowest BCUT2D eigenvalue weighted by Gasteiger charge is -2.48. The van der Waals surface area contributed by atoms with Gasteiger partial charge in [0.1, 0.15) is 42.0 Å². The third-order valence-corrected chi connectivity index (χ3v) is 15.2. The summed E-state index contributed by atoms with van der Waals surface area (Å²) in [5, 5.41) is 28.9. The Kier molecular flexibility index (Phi) is 16.3. The molecule has 1 spiro atoms. The predicted molar refractivity (Wildman–Crippen MR) is 239 cm³/mol. The first-order valence-electron chi connectivity index (χ1n) is 23.6. The van der Waals surface area contributed by atoms with Gasteiger partial charge in [0.15, 0.2) is 18.4 Å². The molecule has 0 aromatic rings. The van der Waals surface area contributed by atoms with Crippen LogP contribution in [0.15, 0.2) is 59.3 Å². The number of carbonyl (C=O) groups is 1. The lowest BCUT2D eigenvalue weighted by molar-refractivity contribution is -0.317. The number of rotatable bonds is 10. The van der Waals surface area contributed by atoms with Crippen LogP contribution in [0.5, 0.6) is 0 Å². The number of carbonyl (C=O) groups excluding carboxylic acids is 1. The Morgan fingerprint density at radius 3 is 2.24 bits per heavy atom. The van der Waals surface area contributed by atoms with Crippen molar-refractivity contribution >= 4 is 16.3 Å². The van der Waals surface area contributed by atoms with Crippen LogP contribution < -0.4 is 5.14 Å². The number of aliphatic hydroxyl groups is 2. The molecule has 6 aliphatic heterocycles. The summed E-state index contributed by atoms with van der Waals surface area (Å²) < 4.78 is 92.4. The summed E-state index contributed by atoms with van der Waals surface area (Å²) in [6, 6.07) is 0. The Morgan fingerprint density at radius 1 is 0.909 bits per heavy atom. The maximum Gasteiger partial charge on any atom is 0.333 e. The van der Waals surface area contributed by atoms with Gasteiger partial charge in [-0.2, -0.15) is 8.42 Å². The van der Waals surface area contributed by atoms with Gasteiger partial charge in [0, 0.05) is 51.7 Å². The smallest absolute Gasteiger partial charge is 0.333 e. The molecule has 18 heteroatoms. The van der Waals surface area contributed by atoms with Gasteiger partial charge in [-0.3, -0.25) is 4.79 Å². The second kappa shape index (κ2) is 20.9. The van der Waals surface area contributed by atoms with Gasteiger partial charge < -0.3 is 57.6 Å². The van der Waals surface area contributed by atoms with E-state index in [1.807, 2.05) is 39.0 Å². The molecule has 17 nitrogen and oxygen atoms in total. The van der Waals surface area contributed by atoms with Crippen molar-refractivity contribution in [2.24, 2.45) is 28.8 Å². The lowest BCUT2D eigenvalue weighted by Crippen LogP contribution is -2.58. The summed E-state index contributed by atoms with van der Waals surface area (Å²) in [4.78, 5) is 14.4. The van der Waals surface area contributed by atoms with E-state index in [-0.39, 0.29) is 43.3 Å². The Hall–Kier alpha value is -2.40. The number of fused-ring (bicyclic) bond motifs is 2. The van der Waals surface area contributed by atoms with E-state index in [1.165, 1.54) is 7.11 Å². The molecule has 4 saturated heterocycles. The Labute approximate surface area is 390 Å². The van der Waals surface area contributed by atoms with Crippen LogP contribution in [0.4, 0.5) is 0 Å². The molecule has 0 unspecified atom stereocenters. The molecule has 20 atom stereocenters. The van der Waals surface area contributed by atoms with Gasteiger partial charge in [0.25, 0.3) is 0 Å². The molecular formula is C48H73NO16S. The number of aliphatic hydroxyl groups excluding tert-OH is 1. The average Bonchev–Trinajstić information content (AvgIpc) is 3.60. The fourth-order valence-corrected chi connectivity index (χ4v) is 11.4. The van der Waals surface area contributed by atoms with E-state index in [0.29, 0.717) is 30.4 Å². The SMILES string of the molecule is CC[C@H](C)[C@H]1O[C@]2(C=C[C@@H]1C)C[C@@H]1C[C@@H](C/C=C(\C)[C@@H](O[C@H]3C[C@H](OC)[C@@H](O[C@H]4C[C@H](OC)[C@@H](OS(N)(=O)=O)[C@H](C)O4)[C@H](C)O3)[C@@H](C)/C=C/C=C3\CO[C@@H]4[C@H](O)C(C)=C[C@@H](C(=O)O1)[C@]34O)O2. The number of methoxy groups -OCH3 is 2. The highest BCUT2D eigenvalue weighted by atomic mass is 32.2. The van der Waals surface area contributed by atoms with Crippen LogP contribution in [-0.4, -0.2) is 143 Å². The van der Waals surface area contributed by atoms with Crippen molar-refractivity contribution < 1.29 is 75.0 Å². The molecule has 66 heavy (non-hydrogen) atoms. The summed E-state index contributed by atoms with van der Waals surface area (Å²) >= 11 is 0. The molecular weight excluding hydrogens is 879 g/mol. The van der Waals surface area contributed by atoms with Gasteiger partial charge in [-0.25, -0.2) is 9.32 Å². The summed E-state index contributed by atoms with van der Waals surface area (Å²) in [5.74, 6) is -2.72. The predicted octanol–water partition coefficient (Wildman–Crippen LogP) is 4.61. The summed E-state index contributed by atoms with van der Waals surface area (Å²) in [7, 11) is -1.21. The van der Waals surface area contributed by atoms with E-state index >= 15 is 0 Å².